The second kappa shape index (κ2) is 4.57. The summed E-state index contributed by atoms with van der Waals surface area (Å²) in [4.78, 5) is 4.28. The molecule has 0 N–H and O–H groups in total. The highest BCUT2D eigenvalue weighted by molar-refractivity contribution is 9.08. The van der Waals surface area contributed by atoms with Gasteiger partial charge in [0, 0.05) is 17.3 Å². The van der Waals surface area contributed by atoms with Gasteiger partial charge in [-0.1, -0.05) is 46.2 Å². The Labute approximate surface area is 96.6 Å². The number of hydrogen-bond acceptors (Lipinski definition) is 3. The molecule has 0 amide bonds. The molecule has 2 rings (SSSR count). The van der Waals surface area contributed by atoms with Crippen LogP contribution < -0.4 is 0 Å². The average Bonchev–Trinajstić information content (AvgIpc) is 2.78. The summed E-state index contributed by atoms with van der Waals surface area (Å²) < 4.78 is 5.07. The second-order valence-corrected chi connectivity index (χ2v) is 3.76. The number of alkyl halides is 1. The van der Waals surface area contributed by atoms with Crippen molar-refractivity contribution in [2.24, 2.45) is 0 Å². The fraction of sp³-hybridized carbons (Fsp3) is 0.273. The van der Waals surface area contributed by atoms with Gasteiger partial charge in [-0.25, -0.2) is 0 Å². The number of aryl methyl sites for hydroxylation is 1. The summed E-state index contributed by atoms with van der Waals surface area (Å²) in [6.45, 7) is 1.99. The van der Waals surface area contributed by atoms with Gasteiger partial charge in [-0.15, -0.1) is 0 Å². The van der Waals surface area contributed by atoms with Crippen LogP contribution in [-0.2, 0) is 11.8 Å². The third-order valence-corrected chi connectivity index (χ3v) is 2.76. The Morgan fingerprint density at radius 3 is 2.93 bits per heavy atom. The fourth-order valence-electron chi connectivity index (χ4n) is 1.31. The summed E-state index contributed by atoms with van der Waals surface area (Å²) >= 11 is 3.42. The van der Waals surface area contributed by atoms with Crippen LogP contribution in [0.15, 0.2) is 28.8 Å². The molecule has 0 atom stereocenters. The number of nitrogens with zero attached hydrogens (tertiary/aromatic N) is 2. The lowest BCUT2D eigenvalue weighted by Crippen LogP contribution is -1.84. The molecule has 0 aliphatic heterocycles. The lowest BCUT2D eigenvalue weighted by Gasteiger charge is -1.97. The fourth-order valence-corrected chi connectivity index (χ4v) is 1.66. The summed E-state index contributed by atoms with van der Waals surface area (Å²) in [6.07, 6.45) is 0.769. The lowest BCUT2D eigenvalue weighted by atomic mass is 10.1. The van der Waals surface area contributed by atoms with Crippen molar-refractivity contribution in [3.05, 3.63) is 35.7 Å². The van der Waals surface area contributed by atoms with Crippen LogP contribution in [0.2, 0.25) is 0 Å². The van der Waals surface area contributed by atoms with E-state index in [9.17, 15) is 0 Å². The van der Waals surface area contributed by atoms with Crippen molar-refractivity contribution >= 4 is 15.9 Å². The second-order valence-electron chi connectivity index (χ2n) is 3.20. The Bertz CT molecular complexity index is 453. The Balaban J connectivity index is 2.35. The molecule has 3 nitrogen and oxygen atoms in total. The van der Waals surface area contributed by atoms with Crippen molar-refractivity contribution in [3.63, 3.8) is 0 Å². The van der Waals surface area contributed by atoms with E-state index < -0.39 is 0 Å². The van der Waals surface area contributed by atoms with Gasteiger partial charge in [0.15, 0.2) is 0 Å². The molecule has 1 aromatic heterocycles. The standard InChI is InChI=1S/C11H11BrN2O/c1-2-10-13-11(14-15-10)9-5-3-4-8(6-9)7-12/h3-6H,2,7H2,1H3. The molecule has 0 radical (unpaired) electrons. The van der Waals surface area contributed by atoms with E-state index in [0.717, 1.165) is 17.3 Å². The molecule has 15 heavy (non-hydrogen) atoms. The summed E-state index contributed by atoms with van der Waals surface area (Å²) in [5.74, 6) is 1.34. The molecule has 0 aliphatic rings. The van der Waals surface area contributed by atoms with Gasteiger partial charge >= 0.3 is 0 Å². The summed E-state index contributed by atoms with van der Waals surface area (Å²) in [5, 5.41) is 4.76. The zero-order chi connectivity index (χ0) is 10.7. The van der Waals surface area contributed by atoms with Gasteiger partial charge in [-0.2, -0.15) is 4.98 Å². The van der Waals surface area contributed by atoms with E-state index in [1.807, 2.05) is 19.1 Å². The molecular formula is C11H11BrN2O. The third-order valence-electron chi connectivity index (χ3n) is 2.11. The van der Waals surface area contributed by atoms with Crippen molar-refractivity contribution in [2.75, 3.05) is 0 Å². The molecule has 4 heteroatoms. The van der Waals surface area contributed by atoms with Crippen LogP contribution >= 0.6 is 15.9 Å². The van der Waals surface area contributed by atoms with Crippen LogP contribution in [0.4, 0.5) is 0 Å². The molecule has 0 saturated heterocycles. The molecule has 1 heterocycles. The maximum atomic E-state index is 5.07. The molecule has 2 aromatic rings. The minimum atomic E-state index is 0.662. The number of hydrogen-bond donors (Lipinski definition) is 0. The topological polar surface area (TPSA) is 38.9 Å². The number of benzene rings is 1. The van der Waals surface area contributed by atoms with E-state index in [0.29, 0.717) is 11.7 Å². The first-order valence-corrected chi connectivity index (χ1v) is 5.93. The van der Waals surface area contributed by atoms with Crippen LogP contribution in [0, 0.1) is 0 Å². The minimum Gasteiger partial charge on any atom is -0.339 e. The summed E-state index contributed by atoms with van der Waals surface area (Å²) in [7, 11) is 0. The molecular weight excluding hydrogens is 256 g/mol. The third kappa shape index (κ3) is 2.26. The van der Waals surface area contributed by atoms with Gasteiger partial charge in [0.25, 0.3) is 0 Å². The SMILES string of the molecule is CCc1nc(-c2cccc(CBr)c2)no1. The number of rotatable bonds is 3. The first kappa shape index (κ1) is 10.4. The van der Waals surface area contributed by atoms with Gasteiger partial charge in [-0.05, 0) is 11.6 Å². The Morgan fingerprint density at radius 2 is 2.27 bits per heavy atom. The maximum absolute atomic E-state index is 5.07. The first-order valence-electron chi connectivity index (χ1n) is 4.81. The van der Waals surface area contributed by atoms with E-state index >= 15 is 0 Å². The van der Waals surface area contributed by atoms with Gasteiger partial charge in [0.1, 0.15) is 0 Å². The van der Waals surface area contributed by atoms with Crippen molar-refractivity contribution in [1.29, 1.82) is 0 Å². The molecule has 1 aromatic carbocycles. The predicted molar refractivity (Wildman–Crippen MR) is 61.7 cm³/mol. The summed E-state index contributed by atoms with van der Waals surface area (Å²) in [5.41, 5.74) is 2.20. The van der Waals surface area contributed by atoms with Crippen LogP contribution in [0.25, 0.3) is 11.4 Å². The van der Waals surface area contributed by atoms with Gasteiger partial charge in [-0.3, -0.25) is 0 Å². The quantitative estimate of drug-likeness (QED) is 0.801. The summed E-state index contributed by atoms with van der Waals surface area (Å²) in [6, 6.07) is 8.09. The largest absolute Gasteiger partial charge is 0.339 e. The average molecular weight is 267 g/mol. The molecule has 0 aliphatic carbocycles. The number of halogens is 1. The molecule has 0 saturated carbocycles. The van der Waals surface area contributed by atoms with E-state index in [-0.39, 0.29) is 0 Å². The van der Waals surface area contributed by atoms with E-state index in [4.69, 9.17) is 4.52 Å². The Morgan fingerprint density at radius 1 is 1.40 bits per heavy atom. The van der Waals surface area contributed by atoms with Crippen LogP contribution in [-0.4, -0.2) is 10.1 Å². The van der Waals surface area contributed by atoms with Crippen molar-refractivity contribution in [2.45, 2.75) is 18.7 Å². The van der Waals surface area contributed by atoms with Crippen LogP contribution in [0.1, 0.15) is 18.4 Å². The predicted octanol–water partition coefficient (Wildman–Crippen LogP) is 3.19. The monoisotopic (exact) mass is 266 g/mol. The van der Waals surface area contributed by atoms with Crippen LogP contribution in [0.3, 0.4) is 0 Å². The first-order chi connectivity index (χ1) is 7.33. The van der Waals surface area contributed by atoms with Crippen LogP contribution in [0.5, 0.6) is 0 Å². The Hall–Kier alpha value is -1.16. The zero-order valence-electron chi connectivity index (χ0n) is 8.40. The molecule has 78 valence electrons. The van der Waals surface area contributed by atoms with E-state index in [1.54, 1.807) is 0 Å². The highest BCUT2D eigenvalue weighted by atomic mass is 79.9. The highest BCUT2D eigenvalue weighted by Crippen LogP contribution is 2.18. The molecule has 0 fully saturated rings. The lowest BCUT2D eigenvalue weighted by molar-refractivity contribution is 0.383. The molecule has 0 unspecified atom stereocenters. The highest BCUT2D eigenvalue weighted by Gasteiger charge is 2.06. The van der Waals surface area contributed by atoms with E-state index in [2.05, 4.69) is 38.2 Å². The zero-order valence-corrected chi connectivity index (χ0v) is 9.99. The van der Waals surface area contributed by atoms with Gasteiger partial charge in [0.2, 0.25) is 11.7 Å². The normalized spacial score (nSPS) is 10.5. The number of aromatic nitrogens is 2. The smallest absolute Gasteiger partial charge is 0.226 e. The van der Waals surface area contributed by atoms with E-state index in [1.165, 1.54) is 5.56 Å². The van der Waals surface area contributed by atoms with Crippen molar-refractivity contribution in [3.8, 4) is 11.4 Å². The van der Waals surface area contributed by atoms with Crippen molar-refractivity contribution < 1.29 is 4.52 Å². The maximum Gasteiger partial charge on any atom is 0.226 e. The van der Waals surface area contributed by atoms with Crippen molar-refractivity contribution in [1.82, 2.24) is 10.1 Å². The molecule has 0 spiro atoms. The minimum absolute atomic E-state index is 0.662. The van der Waals surface area contributed by atoms with Gasteiger partial charge < -0.3 is 4.52 Å². The Kier molecular flexibility index (Phi) is 3.16. The molecule has 0 bridgehead atoms. The van der Waals surface area contributed by atoms with Gasteiger partial charge in [0.05, 0.1) is 0 Å².